The molecule has 0 aliphatic carbocycles. The molecule has 1 aromatic carbocycles. The predicted molar refractivity (Wildman–Crippen MR) is 88.2 cm³/mol. The van der Waals surface area contributed by atoms with E-state index in [0.29, 0.717) is 11.8 Å². The van der Waals surface area contributed by atoms with Gasteiger partial charge in [0, 0.05) is 12.5 Å². The Morgan fingerprint density at radius 3 is 2.45 bits per heavy atom. The van der Waals surface area contributed by atoms with Crippen LogP contribution >= 0.6 is 0 Å². The van der Waals surface area contributed by atoms with Crippen LogP contribution in [0.4, 0.5) is 4.39 Å². The Hall–Kier alpha value is -1.61. The van der Waals surface area contributed by atoms with Gasteiger partial charge in [-0.25, -0.2) is 4.39 Å². The molecule has 0 saturated carbocycles. The summed E-state index contributed by atoms with van der Waals surface area (Å²) in [5.41, 5.74) is 1.11. The molecule has 0 unspecified atom stereocenters. The second-order valence-corrected chi connectivity index (χ2v) is 6.28. The Morgan fingerprint density at radius 1 is 1.05 bits per heavy atom. The molecule has 0 bridgehead atoms. The summed E-state index contributed by atoms with van der Waals surface area (Å²) < 4.78 is 18.4. The lowest BCUT2D eigenvalue weighted by molar-refractivity contribution is 0.397. The maximum Gasteiger partial charge on any atom is 0.123 e. The first-order chi connectivity index (χ1) is 10.6. The molecule has 1 aromatic heterocycles. The summed E-state index contributed by atoms with van der Waals surface area (Å²) in [4.78, 5) is 0. The zero-order chi connectivity index (χ0) is 15.8. The van der Waals surface area contributed by atoms with Crippen LogP contribution in [0.3, 0.4) is 0 Å². The second-order valence-electron chi connectivity index (χ2n) is 6.28. The van der Waals surface area contributed by atoms with Crippen molar-refractivity contribution in [1.82, 2.24) is 5.32 Å². The van der Waals surface area contributed by atoms with E-state index in [9.17, 15) is 4.39 Å². The quantitative estimate of drug-likeness (QED) is 0.651. The van der Waals surface area contributed by atoms with Gasteiger partial charge >= 0.3 is 0 Å². The fraction of sp³-hybridized carbons (Fsp3) is 0.474. The van der Waals surface area contributed by atoms with Crippen LogP contribution in [0.15, 0.2) is 47.1 Å². The van der Waals surface area contributed by atoms with Gasteiger partial charge in [-0.05, 0) is 55.1 Å². The van der Waals surface area contributed by atoms with Crippen molar-refractivity contribution >= 4 is 0 Å². The number of halogens is 1. The number of furan rings is 1. The molecule has 2 aromatic rings. The van der Waals surface area contributed by atoms with Crippen molar-refractivity contribution in [1.29, 1.82) is 0 Å². The van der Waals surface area contributed by atoms with Crippen molar-refractivity contribution < 1.29 is 8.81 Å². The third-order valence-corrected chi connectivity index (χ3v) is 3.95. The topological polar surface area (TPSA) is 25.2 Å². The van der Waals surface area contributed by atoms with Crippen molar-refractivity contribution in [3.05, 3.63) is 59.8 Å². The molecule has 1 heterocycles. The summed E-state index contributed by atoms with van der Waals surface area (Å²) in [7, 11) is 0. The van der Waals surface area contributed by atoms with Crippen LogP contribution in [0, 0.1) is 11.7 Å². The van der Waals surface area contributed by atoms with E-state index in [-0.39, 0.29) is 5.82 Å². The second kappa shape index (κ2) is 8.74. The van der Waals surface area contributed by atoms with Gasteiger partial charge in [-0.3, -0.25) is 0 Å². The summed E-state index contributed by atoms with van der Waals surface area (Å²) in [5, 5.41) is 3.44. The van der Waals surface area contributed by atoms with Gasteiger partial charge in [0.15, 0.2) is 0 Å². The summed E-state index contributed by atoms with van der Waals surface area (Å²) >= 11 is 0. The van der Waals surface area contributed by atoms with E-state index in [4.69, 9.17) is 4.42 Å². The Kier molecular flexibility index (Phi) is 6.66. The molecular formula is C19H26FNO. The Morgan fingerprint density at radius 2 is 1.82 bits per heavy atom. The van der Waals surface area contributed by atoms with Gasteiger partial charge in [0.05, 0.1) is 6.26 Å². The van der Waals surface area contributed by atoms with Crippen LogP contribution in [-0.2, 0) is 6.54 Å². The van der Waals surface area contributed by atoms with Gasteiger partial charge < -0.3 is 9.73 Å². The molecule has 3 heteroatoms. The highest BCUT2D eigenvalue weighted by Gasteiger charge is 2.14. The number of nitrogens with one attached hydrogen (secondary N) is 1. The maximum atomic E-state index is 12.9. The molecule has 0 aliphatic rings. The molecule has 1 N–H and O–H groups in total. The first kappa shape index (κ1) is 16.8. The first-order valence-electron chi connectivity index (χ1n) is 8.13. The van der Waals surface area contributed by atoms with Crippen LogP contribution in [0.2, 0.25) is 0 Å². The van der Waals surface area contributed by atoms with Gasteiger partial charge in [0.25, 0.3) is 0 Å². The van der Waals surface area contributed by atoms with Crippen molar-refractivity contribution in [3.8, 4) is 0 Å². The predicted octanol–water partition coefficient (Wildman–Crippen LogP) is 5.12. The Bertz CT molecular complexity index is 519. The van der Waals surface area contributed by atoms with Gasteiger partial charge in [-0.2, -0.15) is 0 Å². The van der Waals surface area contributed by atoms with Gasteiger partial charge in [-0.1, -0.05) is 32.4 Å². The molecule has 0 radical (unpaired) electrons. The summed E-state index contributed by atoms with van der Waals surface area (Å²) in [5.74, 6) is 2.09. The van der Waals surface area contributed by atoms with E-state index in [1.165, 1.54) is 18.6 Å². The maximum absolute atomic E-state index is 12.9. The Balaban J connectivity index is 1.77. The van der Waals surface area contributed by atoms with E-state index in [2.05, 4.69) is 25.2 Å². The van der Waals surface area contributed by atoms with Crippen LogP contribution in [-0.4, -0.2) is 6.54 Å². The molecule has 0 aliphatic heterocycles. The third kappa shape index (κ3) is 5.64. The summed E-state index contributed by atoms with van der Waals surface area (Å²) in [6.07, 6.45) is 5.18. The smallest absolute Gasteiger partial charge is 0.123 e. The Labute approximate surface area is 132 Å². The van der Waals surface area contributed by atoms with Crippen molar-refractivity contribution in [2.45, 2.75) is 45.6 Å². The average molecular weight is 303 g/mol. The first-order valence-corrected chi connectivity index (χ1v) is 8.13. The highest BCUT2D eigenvalue weighted by Crippen LogP contribution is 2.26. The minimum absolute atomic E-state index is 0.185. The van der Waals surface area contributed by atoms with E-state index >= 15 is 0 Å². The molecular weight excluding hydrogens is 277 g/mol. The average Bonchev–Trinajstić information content (AvgIpc) is 3.02. The number of rotatable bonds is 9. The van der Waals surface area contributed by atoms with Crippen molar-refractivity contribution in [3.63, 3.8) is 0 Å². The van der Waals surface area contributed by atoms with E-state index in [1.807, 2.05) is 18.2 Å². The SMILES string of the molecule is CC(C)CC[C@H](CCNCc1ccc(F)cc1)c1ccco1. The zero-order valence-corrected chi connectivity index (χ0v) is 13.5. The van der Waals surface area contributed by atoms with E-state index in [0.717, 1.165) is 37.3 Å². The minimum Gasteiger partial charge on any atom is -0.469 e. The molecule has 120 valence electrons. The van der Waals surface area contributed by atoms with Gasteiger partial charge in [0.1, 0.15) is 11.6 Å². The number of hydrogen-bond donors (Lipinski definition) is 1. The standard InChI is InChI=1S/C19H26FNO/c1-15(2)5-8-17(19-4-3-13-22-19)11-12-21-14-16-6-9-18(20)10-7-16/h3-4,6-7,9-10,13,15,17,21H,5,8,11-12,14H2,1-2H3/t17-/m1/s1. The molecule has 0 fully saturated rings. The van der Waals surface area contributed by atoms with Crippen LogP contribution in [0.5, 0.6) is 0 Å². The fourth-order valence-electron chi connectivity index (χ4n) is 2.60. The lowest BCUT2D eigenvalue weighted by Gasteiger charge is -2.16. The molecule has 0 spiro atoms. The molecule has 2 rings (SSSR count). The largest absolute Gasteiger partial charge is 0.469 e. The normalized spacial score (nSPS) is 12.7. The summed E-state index contributed by atoms with van der Waals surface area (Å²) in [6.45, 7) is 6.22. The van der Waals surface area contributed by atoms with Crippen LogP contribution in [0.25, 0.3) is 0 Å². The third-order valence-electron chi connectivity index (χ3n) is 3.95. The minimum atomic E-state index is -0.185. The monoisotopic (exact) mass is 303 g/mol. The zero-order valence-electron chi connectivity index (χ0n) is 13.5. The van der Waals surface area contributed by atoms with Crippen molar-refractivity contribution in [2.24, 2.45) is 5.92 Å². The van der Waals surface area contributed by atoms with Gasteiger partial charge in [-0.15, -0.1) is 0 Å². The lowest BCUT2D eigenvalue weighted by atomic mass is 9.93. The molecule has 22 heavy (non-hydrogen) atoms. The van der Waals surface area contributed by atoms with E-state index < -0.39 is 0 Å². The number of hydrogen-bond acceptors (Lipinski definition) is 2. The molecule has 0 saturated heterocycles. The summed E-state index contributed by atoms with van der Waals surface area (Å²) in [6, 6.07) is 10.7. The highest BCUT2D eigenvalue weighted by molar-refractivity contribution is 5.15. The molecule has 1 atom stereocenters. The lowest BCUT2D eigenvalue weighted by Crippen LogP contribution is -2.17. The highest BCUT2D eigenvalue weighted by atomic mass is 19.1. The van der Waals surface area contributed by atoms with Gasteiger partial charge in [0.2, 0.25) is 0 Å². The van der Waals surface area contributed by atoms with Crippen LogP contribution < -0.4 is 5.32 Å². The number of benzene rings is 1. The van der Waals surface area contributed by atoms with Crippen molar-refractivity contribution in [2.75, 3.05) is 6.54 Å². The van der Waals surface area contributed by atoms with E-state index in [1.54, 1.807) is 6.26 Å². The molecule has 2 nitrogen and oxygen atoms in total. The van der Waals surface area contributed by atoms with Crippen LogP contribution in [0.1, 0.15) is 50.4 Å². The molecule has 0 amide bonds. The fourth-order valence-corrected chi connectivity index (χ4v) is 2.60.